The van der Waals surface area contributed by atoms with Crippen molar-refractivity contribution in [3.05, 3.63) is 0 Å². The summed E-state index contributed by atoms with van der Waals surface area (Å²) in [4.78, 5) is 27.4. The number of nitrogens with zero attached hydrogens (tertiary/aromatic N) is 2. The lowest BCUT2D eigenvalue weighted by atomic mass is 10.0. The number of amides is 2. The zero-order valence-corrected chi connectivity index (χ0v) is 13.3. The second kappa shape index (κ2) is 6.43. The second-order valence-electron chi connectivity index (χ2n) is 6.41. The van der Waals surface area contributed by atoms with Gasteiger partial charge in [-0.05, 0) is 27.2 Å². The molecule has 0 N–H and O–H groups in total. The second-order valence-corrected chi connectivity index (χ2v) is 6.41. The van der Waals surface area contributed by atoms with Crippen LogP contribution in [0.15, 0.2) is 0 Å². The molecule has 1 rings (SSSR count). The van der Waals surface area contributed by atoms with Crippen LogP contribution >= 0.6 is 0 Å². The van der Waals surface area contributed by atoms with Crippen molar-refractivity contribution in [1.82, 2.24) is 9.80 Å². The summed E-state index contributed by atoms with van der Waals surface area (Å²) in [5, 5.41) is 0. The predicted octanol–water partition coefficient (Wildman–Crippen LogP) is 1.35. The molecule has 116 valence electrons. The molecular weight excluding hydrogens is 260 g/mol. The van der Waals surface area contributed by atoms with Crippen molar-refractivity contribution in [2.75, 3.05) is 34.4 Å². The van der Waals surface area contributed by atoms with Crippen molar-refractivity contribution >= 4 is 12.0 Å². The molecule has 6 nitrogen and oxygen atoms in total. The highest BCUT2D eigenvalue weighted by atomic mass is 16.6. The smallest absolute Gasteiger partial charge is 0.410 e. The highest BCUT2D eigenvalue weighted by molar-refractivity contribution is 5.80. The van der Waals surface area contributed by atoms with Gasteiger partial charge in [-0.1, -0.05) is 0 Å². The summed E-state index contributed by atoms with van der Waals surface area (Å²) in [7, 11) is 5.04. The predicted molar refractivity (Wildman–Crippen MR) is 75.4 cm³/mol. The lowest BCUT2D eigenvalue weighted by Crippen LogP contribution is -2.42. The van der Waals surface area contributed by atoms with E-state index in [1.54, 1.807) is 31.0 Å². The average molecular weight is 286 g/mol. The summed E-state index contributed by atoms with van der Waals surface area (Å²) >= 11 is 0. The molecule has 1 fully saturated rings. The van der Waals surface area contributed by atoms with Crippen LogP contribution in [0, 0.1) is 5.92 Å². The largest absolute Gasteiger partial charge is 0.444 e. The van der Waals surface area contributed by atoms with Gasteiger partial charge in [-0.25, -0.2) is 4.79 Å². The van der Waals surface area contributed by atoms with Crippen LogP contribution in [-0.4, -0.2) is 67.8 Å². The van der Waals surface area contributed by atoms with Gasteiger partial charge in [0.15, 0.2) is 0 Å². The molecule has 6 heteroatoms. The van der Waals surface area contributed by atoms with E-state index in [0.29, 0.717) is 19.6 Å². The van der Waals surface area contributed by atoms with E-state index < -0.39 is 5.60 Å². The van der Waals surface area contributed by atoms with Crippen molar-refractivity contribution in [1.29, 1.82) is 0 Å². The lowest BCUT2D eigenvalue weighted by molar-refractivity contribution is -0.132. The third-order valence-electron chi connectivity index (χ3n) is 3.19. The molecule has 0 radical (unpaired) electrons. The Kier molecular flexibility index (Phi) is 5.39. The molecule has 0 aromatic rings. The quantitative estimate of drug-likeness (QED) is 0.785. The first-order valence-electron chi connectivity index (χ1n) is 6.85. The van der Waals surface area contributed by atoms with Crippen molar-refractivity contribution < 1.29 is 19.1 Å². The van der Waals surface area contributed by atoms with Crippen LogP contribution in [0.4, 0.5) is 4.79 Å². The van der Waals surface area contributed by atoms with Gasteiger partial charge in [0.1, 0.15) is 5.60 Å². The molecule has 0 aliphatic carbocycles. The summed E-state index contributed by atoms with van der Waals surface area (Å²) in [6, 6.07) is -0.108. The number of carbonyl (C=O) groups excluding carboxylic acids is 2. The van der Waals surface area contributed by atoms with Crippen LogP contribution in [0.25, 0.3) is 0 Å². The maximum absolute atomic E-state index is 12.2. The van der Waals surface area contributed by atoms with Gasteiger partial charge in [0.2, 0.25) is 5.91 Å². The number of methoxy groups -OCH3 is 1. The Morgan fingerprint density at radius 2 is 1.90 bits per heavy atom. The first-order valence-corrected chi connectivity index (χ1v) is 6.85. The Morgan fingerprint density at radius 3 is 2.35 bits per heavy atom. The fourth-order valence-electron chi connectivity index (χ4n) is 2.36. The van der Waals surface area contributed by atoms with E-state index in [1.807, 2.05) is 20.8 Å². The highest BCUT2D eigenvalue weighted by Gasteiger charge is 2.40. The third kappa shape index (κ3) is 4.37. The molecule has 2 amide bonds. The van der Waals surface area contributed by atoms with Crippen LogP contribution in [0.3, 0.4) is 0 Å². The zero-order valence-electron chi connectivity index (χ0n) is 13.3. The topological polar surface area (TPSA) is 59.1 Å². The number of ether oxygens (including phenoxy) is 2. The zero-order chi connectivity index (χ0) is 15.5. The Balaban J connectivity index is 2.77. The Hall–Kier alpha value is -1.30. The minimum Gasteiger partial charge on any atom is -0.444 e. The Morgan fingerprint density at radius 1 is 1.30 bits per heavy atom. The lowest BCUT2D eigenvalue weighted by Gasteiger charge is -2.28. The van der Waals surface area contributed by atoms with Crippen molar-refractivity contribution in [2.24, 2.45) is 5.92 Å². The minimum absolute atomic E-state index is 0.0390. The van der Waals surface area contributed by atoms with Crippen molar-refractivity contribution in [3.63, 3.8) is 0 Å². The van der Waals surface area contributed by atoms with E-state index in [4.69, 9.17) is 9.47 Å². The molecule has 1 heterocycles. The summed E-state index contributed by atoms with van der Waals surface area (Å²) in [6.07, 6.45) is 0.234. The van der Waals surface area contributed by atoms with Crippen molar-refractivity contribution in [3.8, 4) is 0 Å². The molecule has 0 bridgehead atoms. The van der Waals surface area contributed by atoms with Gasteiger partial charge in [0.05, 0.1) is 18.6 Å². The molecule has 20 heavy (non-hydrogen) atoms. The molecule has 1 saturated heterocycles. The monoisotopic (exact) mass is 286 g/mol. The van der Waals surface area contributed by atoms with Gasteiger partial charge in [-0.2, -0.15) is 0 Å². The summed E-state index contributed by atoms with van der Waals surface area (Å²) in [5.74, 6) is -0.144. The SMILES string of the molecule is COC[C@@H]1C[C@H](C(=O)N(C)C)CN1C(=O)OC(C)(C)C. The maximum Gasteiger partial charge on any atom is 0.410 e. The van der Waals surface area contributed by atoms with Crippen LogP contribution in [-0.2, 0) is 14.3 Å². The first-order chi connectivity index (χ1) is 9.15. The summed E-state index contributed by atoms with van der Waals surface area (Å²) in [5.41, 5.74) is -0.543. The average Bonchev–Trinajstić information content (AvgIpc) is 2.70. The van der Waals surface area contributed by atoms with E-state index in [2.05, 4.69) is 0 Å². The van der Waals surface area contributed by atoms with Gasteiger partial charge < -0.3 is 19.3 Å². The van der Waals surface area contributed by atoms with Crippen LogP contribution in [0.2, 0.25) is 0 Å². The van der Waals surface area contributed by atoms with Gasteiger partial charge in [-0.3, -0.25) is 4.79 Å². The fraction of sp³-hybridized carbons (Fsp3) is 0.857. The maximum atomic E-state index is 12.2. The molecule has 1 aliphatic rings. The Bertz CT molecular complexity index is 363. The third-order valence-corrected chi connectivity index (χ3v) is 3.19. The molecule has 0 unspecified atom stereocenters. The molecule has 1 aliphatic heterocycles. The number of hydrogen-bond donors (Lipinski definition) is 0. The molecule has 0 saturated carbocycles. The standard InChI is InChI=1S/C14H26N2O4/c1-14(2,3)20-13(18)16-8-10(12(17)15(4)5)7-11(16)9-19-6/h10-11H,7-9H2,1-6H3/t10-,11-/m0/s1. The number of likely N-dealkylation sites (tertiary alicyclic amines) is 1. The molecular formula is C14H26N2O4. The van der Waals surface area contributed by atoms with Gasteiger partial charge >= 0.3 is 6.09 Å². The Labute approximate surface area is 121 Å². The normalized spacial score (nSPS) is 22.8. The number of carbonyl (C=O) groups is 2. The first kappa shape index (κ1) is 16.8. The minimum atomic E-state index is -0.543. The van der Waals surface area contributed by atoms with E-state index in [1.165, 1.54) is 0 Å². The molecule has 0 aromatic carbocycles. The highest BCUT2D eigenvalue weighted by Crippen LogP contribution is 2.26. The number of rotatable bonds is 3. The van der Waals surface area contributed by atoms with E-state index in [-0.39, 0.29) is 24.0 Å². The van der Waals surface area contributed by atoms with Crippen LogP contribution < -0.4 is 0 Å². The molecule has 0 spiro atoms. The van der Waals surface area contributed by atoms with Crippen LogP contribution in [0.1, 0.15) is 27.2 Å². The van der Waals surface area contributed by atoms with Crippen LogP contribution in [0.5, 0.6) is 0 Å². The number of hydrogen-bond acceptors (Lipinski definition) is 4. The van der Waals surface area contributed by atoms with E-state index in [9.17, 15) is 9.59 Å². The van der Waals surface area contributed by atoms with Gasteiger partial charge in [0.25, 0.3) is 0 Å². The summed E-state index contributed by atoms with van der Waals surface area (Å²) in [6.45, 7) is 6.29. The fourth-order valence-corrected chi connectivity index (χ4v) is 2.36. The van der Waals surface area contributed by atoms with Gasteiger partial charge in [-0.15, -0.1) is 0 Å². The van der Waals surface area contributed by atoms with Crippen molar-refractivity contribution in [2.45, 2.75) is 38.8 Å². The van der Waals surface area contributed by atoms with Gasteiger partial charge in [0, 0.05) is 27.7 Å². The molecule has 2 atom stereocenters. The summed E-state index contributed by atoms with van der Waals surface area (Å²) < 4.78 is 10.5. The van der Waals surface area contributed by atoms with E-state index >= 15 is 0 Å². The van der Waals surface area contributed by atoms with E-state index in [0.717, 1.165) is 0 Å². The molecule has 0 aromatic heterocycles.